The first-order chi connectivity index (χ1) is 10.1. The zero-order chi connectivity index (χ0) is 18.3. The van der Waals surface area contributed by atoms with Crippen molar-refractivity contribution in [3.05, 3.63) is 0 Å². The number of hydrogen-bond acceptors (Lipinski definition) is 3. The Bertz CT molecular complexity index is 511. The number of rotatable bonds is 8. The van der Waals surface area contributed by atoms with E-state index < -0.39 is 41.0 Å². The van der Waals surface area contributed by atoms with Gasteiger partial charge in [-0.1, -0.05) is 0 Å². The molecule has 1 fully saturated rings. The summed E-state index contributed by atoms with van der Waals surface area (Å²) in [4.78, 5) is 0. The van der Waals surface area contributed by atoms with Crippen molar-refractivity contribution in [2.24, 2.45) is 5.41 Å². The summed E-state index contributed by atoms with van der Waals surface area (Å²) in [5.74, 6) is 0. The van der Waals surface area contributed by atoms with Gasteiger partial charge in [0.05, 0.1) is 4.75 Å². The van der Waals surface area contributed by atoms with E-state index in [9.17, 15) is 17.2 Å². The lowest BCUT2D eigenvalue weighted by molar-refractivity contribution is 0.0449. The summed E-state index contributed by atoms with van der Waals surface area (Å²) in [7, 11) is -5.96. The molecule has 1 unspecified atom stereocenters. The van der Waals surface area contributed by atoms with Crippen molar-refractivity contribution in [3.63, 3.8) is 0 Å². The first-order valence-electron chi connectivity index (χ1n) is 8.11. The minimum Gasteiger partial charge on any atom is -0.415 e. The predicted molar refractivity (Wildman–Crippen MR) is 91.8 cm³/mol. The Labute approximate surface area is 140 Å². The van der Waals surface area contributed by atoms with Crippen LogP contribution >= 0.6 is 0 Å². The van der Waals surface area contributed by atoms with Crippen LogP contribution in [0.4, 0.5) is 8.78 Å². The molecule has 0 radical (unpaired) electrons. The largest absolute Gasteiger partial charge is 0.415 e. The summed E-state index contributed by atoms with van der Waals surface area (Å²) < 4.78 is 59.6. The molecule has 1 N–H and O–H groups in total. The van der Waals surface area contributed by atoms with E-state index in [0.717, 1.165) is 0 Å². The fourth-order valence-electron chi connectivity index (χ4n) is 2.77. The van der Waals surface area contributed by atoms with Crippen LogP contribution in [0.3, 0.4) is 0 Å². The lowest BCUT2D eigenvalue weighted by Gasteiger charge is -2.36. The molecule has 0 aliphatic heterocycles. The predicted octanol–water partition coefficient (Wildman–Crippen LogP) is 3.75. The Morgan fingerprint density at radius 1 is 1.22 bits per heavy atom. The van der Waals surface area contributed by atoms with Crippen LogP contribution in [0, 0.1) is 5.41 Å². The monoisotopic (exact) mass is 371 g/mol. The summed E-state index contributed by atoms with van der Waals surface area (Å²) in [6, 6.07) is -0.419. The van der Waals surface area contributed by atoms with Gasteiger partial charge in [0.1, 0.15) is 0 Å². The van der Waals surface area contributed by atoms with Crippen molar-refractivity contribution in [2.75, 3.05) is 0 Å². The minimum absolute atomic E-state index is 0.00163. The van der Waals surface area contributed by atoms with E-state index in [1.165, 1.54) is 0 Å². The molecule has 1 atom stereocenters. The van der Waals surface area contributed by atoms with Gasteiger partial charge in [0.2, 0.25) is 16.4 Å². The first-order valence-corrected chi connectivity index (χ1v) is 12.7. The molecule has 1 saturated carbocycles. The van der Waals surface area contributed by atoms with Crippen LogP contribution in [0.2, 0.25) is 19.1 Å². The third-order valence-electron chi connectivity index (χ3n) is 4.31. The second-order valence-electron chi connectivity index (χ2n) is 8.45. The lowest BCUT2D eigenvalue weighted by atomic mass is 9.99. The Hall–Kier alpha value is -0.0531. The summed E-state index contributed by atoms with van der Waals surface area (Å²) in [5, 5.41) is 0. The molecule has 0 aromatic heterocycles. The summed E-state index contributed by atoms with van der Waals surface area (Å²) in [6.45, 7) is 12.4. The van der Waals surface area contributed by atoms with Gasteiger partial charge in [0.15, 0.2) is 8.32 Å². The molecule has 0 aromatic rings. The third-order valence-corrected chi connectivity index (χ3v) is 9.02. The van der Waals surface area contributed by atoms with Crippen molar-refractivity contribution in [2.45, 2.75) is 89.9 Å². The molecule has 0 bridgehead atoms. The van der Waals surface area contributed by atoms with Gasteiger partial charge >= 0.3 is 0 Å². The van der Waals surface area contributed by atoms with Crippen molar-refractivity contribution in [1.29, 1.82) is 0 Å². The molecule has 1 aliphatic rings. The van der Waals surface area contributed by atoms with Gasteiger partial charge in [-0.25, -0.2) is 21.9 Å². The highest BCUT2D eigenvalue weighted by Gasteiger charge is 2.59. The molecule has 0 amide bonds. The van der Waals surface area contributed by atoms with Crippen molar-refractivity contribution >= 4 is 18.3 Å². The summed E-state index contributed by atoms with van der Waals surface area (Å²) in [6.07, 6.45) is -1.82. The van der Waals surface area contributed by atoms with Gasteiger partial charge in [-0.15, -0.1) is 0 Å². The third kappa shape index (κ3) is 5.21. The number of alkyl halides is 2. The SMILES string of the molecule is CC(C)O[Si](C)(C)CC(NS(=O)(=O)C(C)(C)C)C1(C(F)F)CC1. The van der Waals surface area contributed by atoms with Crippen molar-refractivity contribution in [3.8, 4) is 0 Å². The normalized spacial score (nSPS) is 20.1. The molecule has 138 valence electrons. The second kappa shape index (κ2) is 6.69. The molecule has 0 spiro atoms. The van der Waals surface area contributed by atoms with E-state index in [1.54, 1.807) is 20.8 Å². The highest BCUT2D eigenvalue weighted by atomic mass is 32.2. The second-order valence-corrected chi connectivity index (χ2v) is 15.1. The molecule has 4 nitrogen and oxygen atoms in total. The van der Waals surface area contributed by atoms with E-state index >= 15 is 0 Å². The van der Waals surface area contributed by atoms with E-state index in [0.29, 0.717) is 18.9 Å². The Morgan fingerprint density at radius 3 is 2.00 bits per heavy atom. The fraction of sp³-hybridized carbons (Fsp3) is 1.00. The highest BCUT2D eigenvalue weighted by molar-refractivity contribution is 7.90. The van der Waals surface area contributed by atoms with Gasteiger partial charge in [-0.3, -0.25) is 0 Å². The minimum atomic E-state index is -3.69. The van der Waals surface area contributed by atoms with E-state index in [-0.39, 0.29) is 6.10 Å². The first kappa shape index (κ1) is 21.0. The van der Waals surface area contributed by atoms with Crippen LogP contribution in [0.25, 0.3) is 0 Å². The van der Waals surface area contributed by atoms with E-state index in [1.807, 2.05) is 26.9 Å². The Kier molecular flexibility index (Phi) is 6.10. The van der Waals surface area contributed by atoms with Gasteiger partial charge in [-0.05, 0) is 66.6 Å². The molecular formula is C15H31F2NO3SSi. The Balaban J connectivity index is 3.06. The molecule has 0 saturated heterocycles. The standard InChI is InChI=1S/C15H31F2NO3SSi/c1-11(2)21-23(6,7)10-12(15(8-9-15)13(16)17)18-22(19,20)14(3,4)5/h11-13,18H,8-10H2,1-7H3. The molecule has 1 rings (SSSR count). The molecule has 8 heteroatoms. The van der Waals surface area contributed by atoms with E-state index in [4.69, 9.17) is 4.43 Å². The zero-order valence-corrected chi connectivity index (χ0v) is 17.1. The summed E-state index contributed by atoms with van der Waals surface area (Å²) >= 11 is 0. The Morgan fingerprint density at radius 2 is 1.70 bits per heavy atom. The van der Waals surface area contributed by atoms with Gasteiger partial charge in [-0.2, -0.15) is 0 Å². The fourth-order valence-corrected chi connectivity index (χ4v) is 6.83. The number of hydrogen-bond donors (Lipinski definition) is 1. The maximum absolute atomic E-state index is 13.6. The average Bonchev–Trinajstić information content (AvgIpc) is 3.03. The van der Waals surface area contributed by atoms with Crippen LogP contribution in [0.15, 0.2) is 0 Å². The number of sulfonamides is 1. The van der Waals surface area contributed by atoms with E-state index in [2.05, 4.69) is 4.72 Å². The molecule has 23 heavy (non-hydrogen) atoms. The zero-order valence-electron chi connectivity index (χ0n) is 15.2. The maximum atomic E-state index is 13.6. The van der Waals surface area contributed by atoms with Gasteiger partial charge in [0, 0.05) is 17.6 Å². The van der Waals surface area contributed by atoms with Crippen LogP contribution < -0.4 is 4.72 Å². The average molecular weight is 372 g/mol. The van der Waals surface area contributed by atoms with Gasteiger partial charge < -0.3 is 4.43 Å². The molecular weight excluding hydrogens is 340 g/mol. The topological polar surface area (TPSA) is 55.4 Å². The number of halogens is 2. The van der Waals surface area contributed by atoms with Crippen LogP contribution in [0.5, 0.6) is 0 Å². The van der Waals surface area contributed by atoms with Crippen LogP contribution in [-0.2, 0) is 14.4 Å². The lowest BCUT2D eigenvalue weighted by Crippen LogP contribution is -2.53. The molecule has 0 aromatic carbocycles. The smallest absolute Gasteiger partial charge is 0.245 e. The van der Waals surface area contributed by atoms with Crippen molar-refractivity contribution in [1.82, 2.24) is 4.72 Å². The molecule has 0 heterocycles. The highest BCUT2D eigenvalue weighted by Crippen LogP contribution is 2.55. The summed E-state index contributed by atoms with van der Waals surface area (Å²) in [5.41, 5.74) is -1.23. The maximum Gasteiger partial charge on any atom is 0.245 e. The quantitative estimate of drug-likeness (QED) is 0.661. The molecule has 1 aliphatic carbocycles. The van der Waals surface area contributed by atoms with Crippen LogP contribution in [-0.4, -0.2) is 40.1 Å². The van der Waals surface area contributed by atoms with Crippen molar-refractivity contribution < 1.29 is 21.6 Å². The van der Waals surface area contributed by atoms with Crippen LogP contribution in [0.1, 0.15) is 47.5 Å². The number of nitrogens with one attached hydrogen (secondary N) is 1. The van der Waals surface area contributed by atoms with Gasteiger partial charge in [0.25, 0.3) is 0 Å².